The number of hydrogen-bond donors (Lipinski definition) is 0. The molecule has 3 nitrogen and oxygen atoms in total. The second kappa shape index (κ2) is 5.26. The van der Waals surface area contributed by atoms with Crippen molar-refractivity contribution in [3.05, 3.63) is 42.0 Å². The molecule has 0 bridgehead atoms. The van der Waals surface area contributed by atoms with E-state index in [1.165, 1.54) is 6.07 Å². The van der Waals surface area contributed by atoms with Gasteiger partial charge in [0.25, 0.3) is 0 Å². The minimum absolute atomic E-state index is 0. The molecule has 2 aromatic rings. The molecule has 78 valence electrons. The minimum Gasteiger partial charge on any atom is -0.744 e. The van der Waals surface area contributed by atoms with E-state index in [0.29, 0.717) is 5.39 Å². The maximum absolute atomic E-state index is 11.0. The van der Waals surface area contributed by atoms with Gasteiger partial charge in [0.1, 0.15) is 10.1 Å². The van der Waals surface area contributed by atoms with E-state index in [2.05, 4.69) is 0 Å². The van der Waals surface area contributed by atoms with Gasteiger partial charge in [-0.2, -0.15) is 0 Å². The molecule has 0 aliphatic rings. The van der Waals surface area contributed by atoms with Crippen LogP contribution < -0.4 is 51.4 Å². The molecule has 0 unspecified atom stereocenters. The predicted molar refractivity (Wildman–Crippen MR) is 56.6 cm³/mol. The van der Waals surface area contributed by atoms with Crippen LogP contribution in [0.1, 0.15) is 5.56 Å². The molecule has 0 heterocycles. The Balaban J connectivity index is 0.00000128. The summed E-state index contributed by atoms with van der Waals surface area (Å²) in [6.07, 6.45) is 0. The Labute approximate surface area is 137 Å². The van der Waals surface area contributed by atoms with Crippen LogP contribution in [0.5, 0.6) is 0 Å². The summed E-state index contributed by atoms with van der Waals surface area (Å²) in [5, 5.41) is 1.25. The van der Waals surface area contributed by atoms with Crippen LogP contribution in [0, 0.1) is 6.92 Å². The molecule has 0 saturated heterocycles. The van der Waals surface area contributed by atoms with E-state index in [-0.39, 0.29) is 56.3 Å². The Bertz CT molecular complexity index is 620. The van der Waals surface area contributed by atoms with Gasteiger partial charge in [-0.3, -0.25) is 0 Å². The molecule has 16 heavy (non-hydrogen) atoms. The summed E-state index contributed by atoms with van der Waals surface area (Å²) in [6, 6.07) is 10.1. The molecular weight excluding hydrogens is 251 g/mol. The monoisotopic (exact) mass is 260 g/mol. The van der Waals surface area contributed by atoms with Gasteiger partial charge in [0.05, 0.1) is 4.90 Å². The van der Waals surface area contributed by atoms with E-state index < -0.39 is 10.1 Å². The smallest absolute Gasteiger partial charge is 0.744 e. The van der Waals surface area contributed by atoms with Crippen molar-refractivity contribution in [2.45, 2.75) is 11.8 Å². The van der Waals surface area contributed by atoms with Crippen molar-refractivity contribution in [2.24, 2.45) is 0 Å². The maximum Gasteiger partial charge on any atom is 1.00 e. The summed E-state index contributed by atoms with van der Waals surface area (Å²) in [6.45, 7) is 1.85. The zero-order valence-electron chi connectivity index (χ0n) is 9.10. The number of rotatable bonds is 1. The first-order valence-electron chi connectivity index (χ1n) is 4.44. The zero-order valence-corrected chi connectivity index (χ0v) is 13.0. The Morgan fingerprint density at radius 3 is 2.44 bits per heavy atom. The summed E-state index contributed by atoms with van der Waals surface area (Å²) in [5.74, 6) is 0. The summed E-state index contributed by atoms with van der Waals surface area (Å²) in [5.41, 5.74) is 0.929. The second-order valence-electron chi connectivity index (χ2n) is 3.43. The predicted octanol–water partition coefficient (Wildman–Crippen LogP) is -0.944. The molecule has 0 N–H and O–H groups in total. The van der Waals surface area contributed by atoms with E-state index in [0.717, 1.165) is 10.9 Å². The molecule has 0 aliphatic carbocycles. The first-order chi connectivity index (χ1) is 6.98. The molecule has 0 saturated carbocycles. The Kier molecular flexibility index (Phi) is 4.71. The number of fused-ring (bicyclic) bond motifs is 1. The molecular formula is C11H9KO3S. The molecule has 0 amide bonds. The van der Waals surface area contributed by atoms with E-state index in [9.17, 15) is 13.0 Å². The normalized spacial score (nSPS) is 11.1. The molecule has 0 spiro atoms. The molecule has 0 radical (unpaired) electrons. The summed E-state index contributed by atoms with van der Waals surface area (Å²) in [4.78, 5) is -0.149. The van der Waals surface area contributed by atoms with Crippen molar-refractivity contribution in [3.8, 4) is 0 Å². The SMILES string of the molecule is Cc1ccc2cccc(S(=O)(=O)[O-])c2c1.[K+]. The molecule has 2 aromatic carbocycles. The molecule has 0 atom stereocenters. The van der Waals surface area contributed by atoms with Crippen molar-refractivity contribution in [1.29, 1.82) is 0 Å². The van der Waals surface area contributed by atoms with Gasteiger partial charge in [-0.1, -0.05) is 35.9 Å². The standard InChI is InChI=1S/C11H10O3S.K/c1-8-5-6-9-3-2-4-11(10(9)7-8)15(12,13)14;/h2-7H,1H3,(H,12,13,14);/q;+1/p-1. The number of hydrogen-bond acceptors (Lipinski definition) is 3. The first-order valence-corrected chi connectivity index (χ1v) is 5.84. The molecule has 0 aromatic heterocycles. The molecule has 0 fully saturated rings. The van der Waals surface area contributed by atoms with Gasteiger partial charge in [-0.25, -0.2) is 8.42 Å². The van der Waals surface area contributed by atoms with Crippen molar-refractivity contribution in [1.82, 2.24) is 0 Å². The first kappa shape index (κ1) is 14.3. The minimum atomic E-state index is -4.40. The quantitative estimate of drug-likeness (QED) is 0.491. The average molecular weight is 260 g/mol. The van der Waals surface area contributed by atoms with Crippen LogP contribution in [0.25, 0.3) is 10.8 Å². The summed E-state index contributed by atoms with van der Waals surface area (Å²) >= 11 is 0. The fourth-order valence-electron chi connectivity index (χ4n) is 1.58. The third kappa shape index (κ3) is 2.92. The summed E-state index contributed by atoms with van der Waals surface area (Å²) < 4.78 is 33.0. The Morgan fingerprint density at radius 2 is 1.81 bits per heavy atom. The van der Waals surface area contributed by atoms with Gasteiger partial charge in [0, 0.05) is 0 Å². The van der Waals surface area contributed by atoms with Crippen molar-refractivity contribution in [2.75, 3.05) is 0 Å². The summed E-state index contributed by atoms with van der Waals surface area (Å²) in [7, 11) is -4.40. The second-order valence-corrected chi connectivity index (χ2v) is 4.78. The van der Waals surface area contributed by atoms with Crippen LogP contribution in [-0.4, -0.2) is 13.0 Å². The number of benzene rings is 2. The number of aryl methyl sites for hydroxylation is 1. The zero-order chi connectivity index (χ0) is 11.1. The van der Waals surface area contributed by atoms with E-state index in [1.807, 2.05) is 13.0 Å². The van der Waals surface area contributed by atoms with Crippen molar-refractivity contribution >= 4 is 20.9 Å². The molecule has 0 aliphatic heterocycles. The fraction of sp³-hybridized carbons (Fsp3) is 0.0909. The van der Waals surface area contributed by atoms with Crippen LogP contribution in [-0.2, 0) is 10.1 Å². The third-order valence-electron chi connectivity index (χ3n) is 2.27. The van der Waals surface area contributed by atoms with E-state index in [1.54, 1.807) is 24.3 Å². The molecule has 5 heteroatoms. The van der Waals surface area contributed by atoms with Crippen molar-refractivity contribution in [3.63, 3.8) is 0 Å². The van der Waals surface area contributed by atoms with Crippen LogP contribution in [0.15, 0.2) is 41.3 Å². The largest absolute Gasteiger partial charge is 1.00 e. The maximum atomic E-state index is 11.0. The average Bonchev–Trinajstić information content (AvgIpc) is 2.15. The van der Waals surface area contributed by atoms with Gasteiger partial charge < -0.3 is 4.55 Å². The van der Waals surface area contributed by atoms with Gasteiger partial charge in [-0.05, 0) is 23.8 Å². The van der Waals surface area contributed by atoms with E-state index >= 15 is 0 Å². The van der Waals surface area contributed by atoms with Gasteiger partial charge in [0.2, 0.25) is 0 Å². The Morgan fingerprint density at radius 1 is 1.12 bits per heavy atom. The van der Waals surface area contributed by atoms with Crippen LogP contribution >= 0.6 is 0 Å². The third-order valence-corrected chi connectivity index (χ3v) is 3.16. The van der Waals surface area contributed by atoms with Gasteiger partial charge >= 0.3 is 51.4 Å². The fourth-order valence-corrected chi connectivity index (χ4v) is 2.27. The van der Waals surface area contributed by atoms with Gasteiger partial charge in [0.15, 0.2) is 0 Å². The van der Waals surface area contributed by atoms with Crippen LogP contribution in [0.2, 0.25) is 0 Å². The van der Waals surface area contributed by atoms with Crippen LogP contribution in [0.4, 0.5) is 0 Å². The van der Waals surface area contributed by atoms with Crippen LogP contribution in [0.3, 0.4) is 0 Å². The Hall–Kier alpha value is 0.246. The topological polar surface area (TPSA) is 57.2 Å². The van der Waals surface area contributed by atoms with Gasteiger partial charge in [-0.15, -0.1) is 0 Å². The molecule has 2 rings (SSSR count). The van der Waals surface area contributed by atoms with Crippen molar-refractivity contribution < 1.29 is 64.4 Å². The van der Waals surface area contributed by atoms with E-state index in [4.69, 9.17) is 0 Å².